The van der Waals surface area contributed by atoms with E-state index in [0.717, 1.165) is 4.88 Å². The number of anilines is 1. The van der Waals surface area contributed by atoms with Crippen molar-refractivity contribution in [3.63, 3.8) is 0 Å². The molecule has 2 rings (SSSR count). The Balaban J connectivity index is 2.19. The summed E-state index contributed by atoms with van der Waals surface area (Å²) in [5, 5.41) is 0. The molecule has 1 N–H and O–H groups in total. The number of benzene rings is 1. The van der Waals surface area contributed by atoms with Crippen LogP contribution in [0.1, 0.15) is 15.2 Å². The van der Waals surface area contributed by atoms with Crippen molar-refractivity contribution in [2.45, 2.75) is 11.1 Å². The zero-order valence-electron chi connectivity index (χ0n) is 12.0. The number of hydrogen-bond acceptors (Lipinski definition) is 4. The maximum atomic E-state index is 12.2. The zero-order valence-corrected chi connectivity index (χ0v) is 13.6. The second-order valence-electron chi connectivity index (χ2n) is 4.75. The van der Waals surface area contributed by atoms with Gasteiger partial charge in [0.2, 0.25) is 0 Å². The molecular weight excluding hydrogens is 308 g/mol. The second kappa shape index (κ2) is 5.87. The van der Waals surface area contributed by atoms with Crippen LogP contribution in [-0.2, 0) is 10.0 Å². The maximum Gasteiger partial charge on any atom is 0.271 e. The molecule has 0 spiro atoms. The molecule has 1 aromatic carbocycles. The van der Waals surface area contributed by atoms with Gasteiger partial charge in [-0.25, -0.2) is 8.42 Å². The molecule has 21 heavy (non-hydrogen) atoms. The smallest absolute Gasteiger partial charge is 0.271 e. The Kier molecular flexibility index (Phi) is 4.34. The molecule has 1 aromatic heterocycles. The molecule has 0 bridgehead atoms. The first-order chi connectivity index (χ1) is 9.79. The Labute approximate surface area is 128 Å². The van der Waals surface area contributed by atoms with E-state index in [1.807, 2.05) is 6.92 Å². The minimum atomic E-state index is -3.57. The highest BCUT2D eigenvalue weighted by Crippen LogP contribution is 2.23. The summed E-state index contributed by atoms with van der Waals surface area (Å²) in [4.78, 5) is 14.2. The normalized spacial score (nSPS) is 11.2. The molecule has 1 amide bonds. The highest BCUT2D eigenvalue weighted by atomic mass is 32.2. The van der Waals surface area contributed by atoms with Crippen molar-refractivity contribution in [1.29, 1.82) is 0 Å². The van der Waals surface area contributed by atoms with Gasteiger partial charge in [0.1, 0.15) is 4.21 Å². The average molecular weight is 324 g/mol. The lowest BCUT2D eigenvalue weighted by atomic mass is 10.2. The second-order valence-corrected chi connectivity index (χ2v) is 7.94. The molecule has 112 valence electrons. The largest absolute Gasteiger partial charge is 0.345 e. The highest BCUT2D eigenvalue weighted by Gasteiger charge is 2.16. The maximum absolute atomic E-state index is 12.2. The van der Waals surface area contributed by atoms with Gasteiger partial charge >= 0.3 is 0 Å². The van der Waals surface area contributed by atoms with E-state index in [2.05, 4.69) is 4.72 Å². The minimum Gasteiger partial charge on any atom is -0.345 e. The molecule has 0 fully saturated rings. The Hall–Kier alpha value is -1.86. The zero-order chi connectivity index (χ0) is 15.6. The first kappa shape index (κ1) is 15.5. The van der Waals surface area contributed by atoms with Gasteiger partial charge in [-0.1, -0.05) is 0 Å². The number of nitrogens with zero attached hydrogens (tertiary/aromatic N) is 1. The van der Waals surface area contributed by atoms with Crippen LogP contribution in [0.15, 0.2) is 40.6 Å². The number of carbonyl (C=O) groups excluding carboxylic acids is 1. The van der Waals surface area contributed by atoms with Gasteiger partial charge in [-0.05, 0) is 43.3 Å². The predicted octanol–water partition coefficient (Wildman–Crippen LogP) is 2.56. The van der Waals surface area contributed by atoms with E-state index in [0.29, 0.717) is 11.3 Å². The SMILES string of the molecule is Cc1ccc(S(=O)(=O)Nc2ccc(C(=O)N(C)C)cc2)s1. The number of nitrogens with one attached hydrogen (secondary N) is 1. The van der Waals surface area contributed by atoms with Gasteiger partial charge in [0.25, 0.3) is 15.9 Å². The number of aryl methyl sites for hydroxylation is 1. The Morgan fingerprint density at radius 3 is 2.19 bits per heavy atom. The van der Waals surface area contributed by atoms with Crippen LogP contribution in [0.25, 0.3) is 0 Å². The fourth-order valence-corrected chi connectivity index (χ4v) is 4.04. The molecule has 2 aromatic rings. The van der Waals surface area contributed by atoms with E-state index < -0.39 is 10.0 Å². The molecule has 7 heteroatoms. The molecule has 0 unspecified atom stereocenters. The molecule has 1 heterocycles. The van der Waals surface area contributed by atoms with Crippen molar-refractivity contribution >= 4 is 33.0 Å². The van der Waals surface area contributed by atoms with Gasteiger partial charge in [-0.15, -0.1) is 11.3 Å². The van der Waals surface area contributed by atoms with Crippen LogP contribution >= 0.6 is 11.3 Å². The number of thiophene rings is 1. The molecule has 0 saturated carbocycles. The molecule has 0 saturated heterocycles. The standard InChI is InChI=1S/C14H16N2O3S2/c1-10-4-9-13(20-10)21(18,19)15-12-7-5-11(6-8-12)14(17)16(2)3/h4-9,15H,1-3H3. The summed E-state index contributed by atoms with van der Waals surface area (Å²) in [5.74, 6) is -0.127. The van der Waals surface area contributed by atoms with Crippen molar-refractivity contribution in [2.75, 3.05) is 18.8 Å². The van der Waals surface area contributed by atoms with Crippen LogP contribution in [0.3, 0.4) is 0 Å². The number of carbonyl (C=O) groups is 1. The van der Waals surface area contributed by atoms with E-state index in [4.69, 9.17) is 0 Å². The summed E-state index contributed by atoms with van der Waals surface area (Å²) in [6, 6.07) is 9.69. The lowest BCUT2D eigenvalue weighted by molar-refractivity contribution is 0.0827. The van der Waals surface area contributed by atoms with Crippen molar-refractivity contribution in [2.24, 2.45) is 0 Å². The predicted molar refractivity (Wildman–Crippen MR) is 84.3 cm³/mol. The summed E-state index contributed by atoms with van der Waals surface area (Å²) in [5.41, 5.74) is 0.936. The van der Waals surface area contributed by atoms with Gasteiger partial charge in [0, 0.05) is 30.2 Å². The highest BCUT2D eigenvalue weighted by molar-refractivity contribution is 7.94. The fourth-order valence-electron chi connectivity index (χ4n) is 1.70. The van der Waals surface area contributed by atoms with Gasteiger partial charge in [0.15, 0.2) is 0 Å². The van der Waals surface area contributed by atoms with Crippen LogP contribution in [0.2, 0.25) is 0 Å². The Morgan fingerprint density at radius 2 is 1.71 bits per heavy atom. The van der Waals surface area contributed by atoms with E-state index in [-0.39, 0.29) is 10.1 Å². The van der Waals surface area contributed by atoms with Crippen molar-refractivity contribution in [3.8, 4) is 0 Å². The Bertz CT molecular complexity index is 747. The quantitative estimate of drug-likeness (QED) is 0.940. The molecule has 5 nitrogen and oxygen atoms in total. The van der Waals surface area contributed by atoms with Crippen molar-refractivity contribution in [3.05, 3.63) is 46.8 Å². The average Bonchev–Trinajstić information content (AvgIpc) is 2.86. The summed E-state index contributed by atoms with van der Waals surface area (Å²) < 4.78 is 27.1. The van der Waals surface area contributed by atoms with Crippen LogP contribution in [0, 0.1) is 6.92 Å². The summed E-state index contributed by atoms with van der Waals surface area (Å²) in [7, 11) is -0.239. The molecule has 0 atom stereocenters. The van der Waals surface area contributed by atoms with E-state index >= 15 is 0 Å². The molecule has 0 radical (unpaired) electrons. The third-order valence-corrected chi connectivity index (χ3v) is 5.64. The van der Waals surface area contributed by atoms with Crippen molar-refractivity contribution in [1.82, 2.24) is 4.90 Å². The minimum absolute atomic E-state index is 0.127. The molecule has 0 aliphatic carbocycles. The number of hydrogen-bond donors (Lipinski definition) is 1. The van der Waals surface area contributed by atoms with E-state index in [9.17, 15) is 13.2 Å². The summed E-state index contributed by atoms with van der Waals surface area (Å²) in [6.45, 7) is 1.85. The number of rotatable bonds is 4. The van der Waals surface area contributed by atoms with E-state index in [1.165, 1.54) is 16.2 Å². The lowest BCUT2D eigenvalue weighted by Crippen LogP contribution is -2.21. The monoisotopic (exact) mass is 324 g/mol. The topological polar surface area (TPSA) is 66.5 Å². The van der Waals surface area contributed by atoms with Crippen LogP contribution in [-0.4, -0.2) is 33.3 Å². The molecular formula is C14H16N2O3S2. The van der Waals surface area contributed by atoms with E-state index in [1.54, 1.807) is 50.5 Å². The molecule has 0 aliphatic rings. The Morgan fingerprint density at radius 1 is 1.10 bits per heavy atom. The fraction of sp³-hybridized carbons (Fsp3) is 0.214. The molecule has 0 aliphatic heterocycles. The lowest BCUT2D eigenvalue weighted by Gasteiger charge is -2.11. The van der Waals surface area contributed by atoms with Gasteiger partial charge in [-0.2, -0.15) is 0 Å². The van der Waals surface area contributed by atoms with Crippen LogP contribution < -0.4 is 4.72 Å². The van der Waals surface area contributed by atoms with Gasteiger partial charge < -0.3 is 4.90 Å². The van der Waals surface area contributed by atoms with Crippen molar-refractivity contribution < 1.29 is 13.2 Å². The van der Waals surface area contributed by atoms with Crippen LogP contribution in [0.5, 0.6) is 0 Å². The van der Waals surface area contributed by atoms with Gasteiger partial charge in [0.05, 0.1) is 0 Å². The third kappa shape index (κ3) is 3.62. The third-order valence-electron chi connectivity index (χ3n) is 2.77. The summed E-state index contributed by atoms with van der Waals surface area (Å²) in [6.07, 6.45) is 0. The number of amides is 1. The first-order valence-electron chi connectivity index (χ1n) is 6.20. The number of sulfonamides is 1. The first-order valence-corrected chi connectivity index (χ1v) is 8.50. The summed E-state index contributed by atoms with van der Waals surface area (Å²) >= 11 is 1.21. The van der Waals surface area contributed by atoms with Gasteiger partial charge in [-0.3, -0.25) is 9.52 Å². The van der Waals surface area contributed by atoms with Crippen LogP contribution in [0.4, 0.5) is 5.69 Å².